The lowest BCUT2D eigenvalue weighted by atomic mass is 10.0. The van der Waals surface area contributed by atoms with E-state index in [2.05, 4.69) is 25.4 Å². The summed E-state index contributed by atoms with van der Waals surface area (Å²) in [6.07, 6.45) is 3.64. The monoisotopic (exact) mass is 540 g/mol. The number of furan rings is 1. The Morgan fingerprint density at radius 2 is 2.02 bits per heavy atom. The van der Waals surface area contributed by atoms with Gasteiger partial charge in [0.25, 0.3) is 5.56 Å². The largest absolute Gasteiger partial charge is 0.497 e. The second-order valence-corrected chi connectivity index (χ2v) is 10.2. The maximum absolute atomic E-state index is 13.8. The van der Waals surface area contributed by atoms with Crippen LogP contribution in [-0.4, -0.2) is 49.9 Å². The van der Waals surface area contributed by atoms with Crippen molar-refractivity contribution in [1.82, 2.24) is 30.1 Å². The van der Waals surface area contributed by atoms with E-state index in [0.717, 1.165) is 53.0 Å². The molecule has 0 amide bonds. The highest BCUT2D eigenvalue weighted by Crippen LogP contribution is 2.31. The van der Waals surface area contributed by atoms with Crippen LogP contribution < -0.4 is 10.3 Å². The summed E-state index contributed by atoms with van der Waals surface area (Å²) < 4.78 is 18.8. The van der Waals surface area contributed by atoms with Crippen LogP contribution in [0.1, 0.15) is 47.2 Å². The number of methoxy groups -OCH3 is 1. The van der Waals surface area contributed by atoms with Gasteiger partial charge in [0.1, 0.15) is 17.6 Å². The molecule has 3 aromatic heterocycles. The highest BCUT2D eigenvalue weighted by Gasteiger charge is 2.32. The van der Waals surface area contributed by atoms with Gasteiger partial charge in [-0.2, -0.15) is 0 Å². The second kappa shape index (κ2) is 11.4. The summed E-state index contributed by atoms with van der Waals surface area (Å²) in [7, 11) is 1.65. The molecular weight excluding hydrogens is 508 g/mol. The molecule has 206 valence electrons. The number of aryl methyl sites for hydroxylation is 1. The molecule has 5 aromatic rings. The number of aromatic nitrogens is 5. The third kappa shape index (κ3) is 5.54. The van der Waals surface area contributed by atoms with Crippen LogP contribution in [0.4, 0.5) is 0 Å². The molecule has 0 saturated carbocycles. The molecule has 4 heterocycles. The molecule has 1 saturated heterocycles. The van der Waals surface area contributed by atoms with Gasteiger partial charge in [-0.15, -0.1) is 5.10 Å². The molecule has 0 radical (unpaired) electrons. The standard InChI is InChI=1S/C30H32N6O4/c1-20-7-10-22-16-26(30(37)31-27(22)15-20)28(29-32-33-34-36(29)19-25-6-4-14-40-25)35(18-24-5-3-13-39-24)17-21-8-11-23(38-2)12-9-21/h3,5,7-13,15-16,25,28H,4,6,14,17-19H2,1-2H3,(H,31,37)/t25-,28+/m0/s1. The van der Waals surface area contributed by atoms with Crippen molar-refractivity contribution in [2.45, 2.75) is 51.5 Å². The number of hydrogen-bond acceptors (Lipinski definition) is 8. The van der Waals surface area contributed by atoms with E-state index < -0.39 is 6.04 Å². The van der Waals surface area contributed by atoms with Crippen molar-refractivity contribution < 1.29 is 13.9 Å². The van der Waals surface area contributed by atoms with Crippen LogP contribution in [0.15, 0.2) is 76.1 Å². The molecule has 0 aliphatic carbocycles. The number of tetrazole rings is 1. The summed E-state index contributed by atoms with van der Waals surface area (Å²) >= 11 is 0. The molecule has 1 fully saturated rings. The third-order valence-corrected chi connectivity index (χ3v) is 7.38. The van der Waals surface area contributed by atoms with Crippen LogP contribution in [-0.2, 0) is 24.4 Å². The molecule has 2 aromatic carbocycles. The Hall–Kier alpha value is -4.28. The van der Waals surface area contributed by atoms with Gasteiger partial charge in [0.05, 0.1) is 32.6 Å². The van der Waals surface area contributed by atoms with Crippen LogP contribution >= 0.6 is 0 Å². The summed E-state index contributed by atoms with van der Waals surface area (Å²) in [5, 5.41) is 13.8. The van der Waals surface area contributed by atoms with E-state index in [4.69, 9.17) is 13.9 Å². The Morgan fingerprint density at radius 3 is 2.77 bits per heavy atom. The quantitative estimate of drug-likeness (QED) is 0.278. The van der Waals surface area contributed by atoms with E-state index in [1.807, 2.05) is 67.6 Å². The summed E-state index contributed by atoms with van der Waals surface area (Å²) in [6.45, 7) is 4.20. The molecule has 1 aliphatic heterocycles. The topological polar surface area (TPSA) is 111 Å². The molecule has 0 unspecified atom stereocenters. The Balaban J connectivity index is 1.48. The lowest BCUT2D eigenvalue weighted by Crippen LogP contribution is -2.35. The number of fused-ring (bicyclic) bond motifs is 1. The highest BCUT2D eigenvalue weighted by atomic mass is 16.5. The van der Waals surface area contributed by atoms with E-state index in [-0.39, 0.29) is 11.7 Å². The first-order valence-corrected chi connectivity index (χ1v) is 13.5. The number of pyridine rings is 1. The average Bonchev–Trinajstić information content (AvgIpc) is 3.75. The maximum Gasteiger partial charge on any atom is 0.253 e. The highest BCUT2D eigenvalue weighted by molar-refractivity contribution is 5.79. The van der Waals surface area contributed by atoms with Crippen LogP contribution in [0.3, 0.4) is 0 Å². The minimum atomic E-state index is -0.571. The molecule has 1 N–H and O–H groups in total. The summed E-state index contributed by atoms with van der Waals surface area (Å²) in [5.74, 6) is 2.12. The lowest BCUT2D eigenvalue weighted by molar-refractivity contribution is 0.0901. The fourth-order valence-corrected chi connectivity index (χ4v) is 5.36. The SMILES string of the molecule is COc1ccc(CN(Cc2ccco2)[C@H](c2cc3ccc(C)cc3[nH]c2=O)c2nnnn2C[C@@H]2CCCO2)cc1. The van der Waals surface area contributed by atoms with Crippen molar-refractivity contribution in [1.29, 1.82) is 0 Å². The minimum absolute atomic E-state index is 0.0286. The number of nitrogens with one attached hydrogen (secondary N) is 1. The molecule has 6 rings (SSSR count). The van der Waals surface area contributed by atoms with E-state index in [0.29, 0.717) is 31.0 Å². The first kappa shape index (κ1) is 26.0. The van der Waals surface area contributed by atoms with Crippen LogP contribution in [0, 0.1) is 6.92 Å². The van der Waals surface area contributed by atoms with Gasteiger partial charge < -0.3 is 18.9 Å². The van der Waals surface area contributed by atoms with Gasteiger partial charge in [0, 0.05) is 24.2 Å². The van der Waals surface area contributed by atoms with Crippen molar-refractivity contribution in [2.24, 2.45) is 0 Å². The van der Waals surface area contributed by atoms with E-state index >= 15 is 0 Å². The third-order valence-electron chi connectivity index (χ3n) is 7.38. The molecule has 1 aliphatic rings. The summed E-state index contributed by atoms with van der Waals surface area (Å²) in [4.78, 5) is 19.0. The number of rotatable bonds is 10. The summed E-state index contributed by atoms with van der Waals surface area (Å²) in [6, 6.07) is 19.1. The zero-order chi connectivity index (χ0) is 27.5. The smallest absolute Gasteiger partial charge is 0.253 e. The lowest BCUT2D eigenvalue weighted by Gasteiger charge is -2.30. The minimum Gasteiger partial charge on any atom is -0.497 e. The predicted octanol–water partition coefficient (Wildman–Crippen LogP) is 4.40. The maximum atomic E-state index is 13.8. The van der Waals surface area contributed by atoms with Crippen LogP contribution in [0.25, 0.3) is 10.9 Å². The average molecular weight is 541 g/mol. The zero-order valence-electron chi connectivity index (χ0n) is 22.6. The van der Waals surface area contributed by atoms with Gasteiger partial charge in [-0.05, 0) is 83.1 Å². The van der Waals surface area contributed by atoms with Crippen molar-refractivity contribution in [3.05, 3.63) is 106 Å². The van der Waals surface area contributed by atoms with E-state index in [9.17, 15) is 4.79 Å². The molecule has 0 spiro atoms. The first-order chi connectivity index (χ1) is 19.6. The fourth-order valence-electron chi connectivity index (χ4n) is 5.36. The normalized spacial score (nSPS) is 16.1. The van der Waals surface area contributed by atoms with Gasteiger partial charge in [-0.1, -0.05) is 24.3 Å². The Bertz CT molecular complexity index is 1620. The number of hydrogen-bond donors (Lipinski definition) is 1. The van der Waals surface area contributed by atoms with Crippen molar-refractivity contribution in [3.8, 4) is 5.75 Å². The van der Waals surface area contributed by atoms with Gasteiger partial charge >= 0.3 is 0 Å². The van der Waals surface area contributed by atoms with Crippen molar-refractivity contribution in [2.75, 3.05) is 13.7 Å². The van der Waals surface area contributed by atoms with Gasteiger partial charge in [0.2, 0.25) is 0 Å². The molecule has 10 nitrogen and oxygen atoms in total. The summed E-state index contributed by atoms with van der Waals surface area (Å²) in [5.41, 5.74) is 3.28. The molecule has 40 heavy (non-hydrogen) atoms. The van der Waals surface area contributed by atoms with Gasteiger partial charge in [0.15, 0.2) is 5.82 Å². The Morgan fingerprint density at radius 1 is 1.15 bits per heavy atom. The Labute approximate surface area is 231 Å². The fraction of sp³-hybridized carbons (Fsp3) is 0.333. The van der Waals surface area contributed by atoms with Gasteiger partial charge in [-0.25, -0.2) is 4.68 Å². The number of nitrogens with zero attached hydrogens (tertiary/aromatic N) is 5. The molecular formula is C30H32N6O4. The van der Waals surface area contributed by atoms with Gasteiger partial charge in [-0.3, -0.25) is 9.69 Å². The number of H-pyrrole nitrogens is 1. The van der Waals surface area contributed by atoms with E-state index in [1.54, 1.807) is 18.1 Å². The van der Waals surface area contributed by atoms with Crippen molar-refractivity contribution in [3.63, 3.8) is 0 Å². The Kier molecular flexibility index (Phi) is 7.43. The van der Waals surface area contributed by atoms with Crippen molar-refractivity contribution >= 4 is 10.9 Å². The molecule has 0 bridgehead atoms. The predicted molar refractivity (Wildman–Crippen MR) is 149 cm³/mol. The van der Waals surface area contributed by atoms with Crippen LogP contribution in [0.5, 0.6) is 5.75 Å². The number of aromatic amines is 1. The molecule has 10 heteroatoms. The second-order valence-electron chi connectivity index (χ2n) is 10.2. The van der Waals surface area contributed by atoms with Crippen LogP contribution in [0.2, 0.25) is 0 Å². The zero-order valence-corrected chi connectivity index (χ0v) is 22.6. The molecule has 2 atom stereocenters. The number of benzene rings is 2. The van der Waals surface area contributed by atoms with E-state index in [1.165, 1.54) is 0 Å². The first-order valence-electron chi connectivity index (χ1n) is 13.5. The number of ether oxygens (including phenoxy) is 2.